The number of nitrogen functional groups attached to an aromatic ring is 1. The maximum Gasteiger partial charge on any atom is 0.339 e. The van der Waals surface area contributed by atoms with Crippen molar-refractivity contribution in [1.82, 2.24) is 9.80 Å². The Morgan fingerprint density at radius 1 is 1.03 bits per heavy atom. The standard InChI is InChI=1S/C30H45N3O2.2ClH/c1-6-8-19-33(20-9-7-2)23-29(4)22-32(5)24(3)21-30(29,26-13-11-10-12-14-26)35-28(34)25-15-17-27(31)18-16-25;;/h10-18,24H,6-9,19-23,31H2,1-5H3;2*1H. The molecule has 7 heteroatoms. The van der Waals surface area contributed by atoms with Gasteiger partial charge in [0.2, 0.25) is 0 Å². The molecule has 5 nitrogen and oxygen atoms in total. The highest BCUT2D eigenvalue weighted by molar-refractivity contribution is 5.90. The average molecular weight is 553 g/mol. The second-order valence-electron chi connectivity index (χ2n) is 10.7. The Labute approximate surface area is 236 Å². The monoisotopic (exact) mass is 551 g/mol. The molecular weight excluding hydrogens is 505 g/mol. The fourth-order valence-electron chi connectivity index (χ4n) is 5.59. The maximum atomic E-state index is 13.6. The lowest BCUT2D eigenvalue weighted by molar-refractivity contribution is -0.159. The summed E-state index contributed by atoms with van der Waals surface area (Å²) in [4.78, 5) is 18.6. The molecule has 3 rings (SSSR count). The topological polar surface area (TPSA) is 58.8 Å². The van der Waals surface area contributed by atoms with Crippen LogP contribution in [0.25, 0.3) is 0 Å². The van der Waals surface area contributed by atoms with Gasteiger partial charge in [0, 0.05) is 36.7 Å². The van der Waals surface area contributed by atoms with Crippen LogP contribution in [0.15, 0.2) is 54.6 Å². The third-order valence-electron chi connectivity index (χ3n) is 7.79. The smallest absolute Gasteiger partial charge is 0.339 e. The van der Waals surface area contributed by atoms with Gasteiger partial charge in [0.15, 0.2) is 0 Å². The van der Waals surface area contributed by atoms with E-state index in [-0.39, 0.29) is 42.2 Å². The first kappa shape index (κ1) is 33.2. The summed E-state index contributed by atoms with van der Waals surface area (Å²) in [6.07, 6.45) is 5.45. The molecule has 3 atom stereocenters. The lowest BCUT2D eigenvalue weighted by atomic mass is 9.63. The minimum absolute atomic E-state index is 0. The number of ether oxygens (including phenoxy) is 1. The van der Waals surface area contributed by atoms with Gasteiger partial charge in [-0.3, -0.25) is 0 Å². The van der Waals surface area contributed by atoms with Gasteiger partial charge in [-0.25, -0.2) is 4.79 Å². The Bertz CT molecular complexity index is 936. The van der Waals surface area contributed by atoms with E-state index in [1.54, 1.807) is 24.3 Å². The van der Waals surface area contributed by atoms with Crippen LogP contribution >= 0.6 is 24.8 Å². The number of rotatable bonds is 11. The number of hydrogen-bond acceptors (Lipinski definition) is 5. The van der Waals surface area contributed by atoms with Gasteiger partial charge in [0.05, 0.1) is 5.56 Å². The molecule has 2 N–H and O–H groups in total. The van der Waals surface area contributed by atoms with Crippen LogP contribution in [0.2, 0.25) is 0 Å². The molecule has 2 aromatic carbocycles. The number of esters is 1. The molecule has 0 amide bonds. The van der Waals surface area contributed by atoms with Gasteiger partial charge in [-0.15, -0.1) is 24.8 Å². The van der Waals surface area contributed by atoms with Gasteiger partial charge < -0.3 is 20.3 Å². The Balaban J connectivity index is 0.00000342. The van der Waals surface area contributed by atoms with Crippen molar-refractivity contribution in [3.05, 3.63) is 65.7 Å². The first-order valence-electron chi connectivity index (χ1n) is 13.3. The van der Waals surface area contributed by atoms with Crippen LogP contribution in [-0.2, 0) is 10.3 Å². The second kappa shape index (κ2) is 15.0. The zero-order chi connectivity index (χ0) is 25.5. The molecule has 0 saturated carbocycles. The van der Waals surface area contributed by atoms with Crippen molar-refractivity contribution < 1.29 is 9.53 Å². The molecule has 1 saturated heterocycles. The lowest BCUT2D eigenvalue weighted by Crippen LogP contribution is -2.63. The predicted molar refractivity (Wildman–Crippen MR) is 160 cm³/mol. The predicted octanol–water partition coefficient (Wildman–Crippen LogP) is 6.80. The Morgan fingerprint density at radius 3 is 2.14 bits per heavy atom. The molecule has 1 aliphatic rings. The van der Waals surface area contributed by atoms with Gasteiger partial charge in [-0.05, 0) is 69.7 Å². The summed E-state index contributed by atoms with van der Waals surface area (Å²) in [5, 5.41) is 0. The number of unbranched alkanes of at least 4 members (excludes halogenated alkanes) is 2. The molecule has 37 heavy (non-hydrogen) atoms. The molecular formula is C30H47Cl2N3O2. The van der Waals surface area contributed by atoms with Crippen LogP contribution in [0.1, 0.15) is 75.7 Å². The summed E-state index contributed by atoms with van der Waals surface area (Å²) in [5.41, 5.74) is 7.10. The van der Waals surface area contributed by atoms with Crippen molar-refractivity contribution in [1.29, 1.82) is 0 Å². The zero-order valence-electron chi connectivity index (χ0n) is 23.2. The number of halogens is 2. The maximum absolute atomic E-state index is 13.6. The molecule has 208 valence electrons. The zero-order valence-corrected chi connectivity index (χ0v) is 24.9. The fourth-order valence-corrected chi connectivity index (χ4v) is 5.59. The molecule has 1 aliphatic heterocycles. The lowest BCUT2D eigenvalue weighted by Gasteiger charge is -2.57. The van der Waals surface area contributed by atoms with Gasteiger partial charge >= 0.3 is 5.97 Å². The number of carbonyl (C=O) groups is 1. The molecule has 0 aliphatic carbocycles. The van der Waals surface area contributed by atoms with Crippen LogP contribution in [-0.4, -0.2) is 55.0 Å². The summed E-state index contributed by atoms with van der Waals surface area (Å²) in [5.74, 6) is -0.287. The van der Waals surface area contributed by atoms with E-state index >= 15 is 0 Å². The van der Waals surface area contributed by atoms with Gasteiger partial charge in [-0.1, -0.05) is 63.9 Å². The molecule has 1 fully saturated rings. The summed E-state index contributed by atoms with van der Waals surface area (Å²) in [6.45, 7) is 12.9. The van der Waals surface area contributed by atoms with Crippen molar-refractivity contribution >= 4 is 36.5 Å². The first-order valence-corrected chi connectivity index (χ1v) is 13.3. The molecule has 2 aromatic rings. The third kappa shape index (κ3) is 7.86. The SMILES string of the molecule is CCCCN(CCCC)CC1(C)CN(C)C(C)CC1(OC(=O)c1ccc(N)cc1)c1ccccc1.Cl.Cl. The summed E-state index contributed by atoms with van der Waals surface area (Å²) in [7, 11) is 2.20. The van der Waals surface area contributed by atoms with Gasteiger partial charge in [-0.2, -0.15) is 0 Å². The number of piperidine rings is 1. The van der Waals surface area contributed by atoms with Crippen molar-refractivity contribution in [3.8, 4) is 0 Å². The van der Waals surface area contributed by atoms with E-state index in [4.69, 9.17) is 10.5 Å². The van der Waals surface area contributed by atoms with E-state index in [2.05, 4.69) is 68.8 Å². The second-order valence-corrected chi connectivity index (χ2v) is 10.7. The highest BCUT2D eigenvalue weighted by Crippen LogP contribution is 2.51. The quantitative estimate of drug-likeness (QED) is 0.246. The molecule has 0 spiro atoms. The largest absolute Gasteiger partial charge is 0.450 e. The van der Waals surface area contributed by atoms with E-state index in [0.717, 1.165) is 38.2 Å². The van der Waals surface area contributed by atoms with Crippen LogP contribution in [0, 0.1) is 5.41 Å². The normalized spacial score (nSPS) is 23.7. The number of nitrogens with zero attached hydrogens (tertiary/aromatic N) is 2. The number of carbonyl (C=O) groups excluding carboxylic acids is 1. The van der Waals surface area contributed by atoms with Gasteiger partial charge in [0.1, 0.15) is 5.60 Å². The summed E-state index contributed by atoms with van der Waals surface area (Å²) >= 11 is 0. The van der Waals surface area contributed by atoms with Crippen LogP contribution in [0.4, 0.5) is 5.69 Å². The Kier molecular flexibility index (Phi) is 13.4. The van der Waals surface area contributed by atoms with Crippen LogP contribution in [0.5, 0.6) is 0 Å². The molecule has 0 bridgehead atoms. The minimum atomic E-state index is -0.741. The number of hydrogen-bond donors (Lipinski definition) is 1. The number of nitrogens with two attached hydrogens (primary N) is 1. The Hall–Kier alpha value is -1.79. The average Bonchev–Trinajstić information content (AvgIpc) is 2.85. The minimum Gasteiger partial charge on any atom is -0.450 e. The van der Waals surface area contributed by atoms with E-state index < -0.39 is 5.60 Å². The van der Waals surface area contributed by atoms with Crippen LogP contribution < -0.4 is 5.73 Å². The molecule has 0 radical (unpaired) electrons. The summed E-state index contributed by atoms with van der Waals surface area (Å²) < 4.78 is 6.70. The first-order chi connectivity index (χ1) is 16.7. The van der Waals surface area contributed by atoms with E-state index in [9.17, 15) is 4.79 Å². The van der Waals surface area contributed by atoms with E-state index in [0.29, 0.717) is 11.3 Å². The van der Waals surface area contributed by atoms with Gasteiger partial charge in [0.25, 0.3) is 0 Å². The van der Waals surface area contributed by atoms with Crippen LogP contribution in [0.3, 0.4) is 0 Å². The highest BCUT2D eigenvalue weighted by Gasteiger charge is 2.57. The molecule has 3 unspecified atom stereocenters. The summed E-state index contributed by atoms with van der Waals surface area (Å²) in [6, 6.07) is 17.8. The fraction of sp³-hybridized carbons (Fsp3) is 0.567. The number of benzene rings is 2. The highest BCUT2D eigenvalue weighted by atomic mass is 35.5. The van der Waals surface area contributed by atoms with Crippen molar-refractivity contribution in [2.75, 3.05) is 39.0 Å². The number of anilines is 1. The van der Waals surface area contributed by atoms with Crippen molar-refractivity contribution in [2.24, 2.45) is 5.41 Å². The van der Waals surface area contributed by atoms with E-state index in [1.807, 2.05) is 6.07 Å². The third-order valence-corrected chi connectivity index (χ3v) is 7.79. The molecule has 1 heterocycles. The van der Waals surface area contributed by atoms with E-state index in [1.165, 1.54) is 25.7 Å². The number of likely N-dealkylation sites (tertiary alicyclic amines) is 1. The molecule has 0 aromatic heterocycles. The van der Waals surface area contributed by atoms with Crippen molar-refractivity contribution in [2.45, 2.75) is 71.4 Å². The van der Waals surface area contributed by atoms with Crippen molar-refractivity contribution in [3.63, 3.8) is 0 Å². The Morgan fingerprint density at radius 2 is 1.59 bits per heavy atom.